The molecular weight excluding hydrogens is 885 g/mol. The summed E-state index contributed by atoms with van der Waals surface area (Å²) >= 11 is 0. The van der Waals surface area contributed by atoms with Crippen molar-refractivity contribution >= 4 is 17.9 Å². The van der Waals surface area contributed by atoms with Crippen LogP contribution in [0.15, 0.2) is 36.5 Å². The molecule has 0 bridgehead atoms. The van der Waals surface area contributed by atoms with Crippen molar-refractivity contribution in [3.63, 3.8) is 0 Å². The molecule has 355 valence electrons. The standard InChI is InChI=1S/3C18H34O2.Ce/c3*1-2-3-4-5-6-7-8-9-10-11-12-13-14-15-16-17-18(19)20;/h3*7-8H,2-6,9-17H2,1H3,(H,19,20);/q;;;+3/p-3/b3*8-7-;. The molecule has 0 saturated carbocycles. The first-order valence-electron chi connectivity index (χ1n) is 25.9. The quantitative estimate of drug-likeness (QED) is 0.0443. The zero-order valence-electron chi connectivity index (χ0n) is 40.6. The Hall–Kier alpha value is -0.993. The molecule has 0 saturated heterocycles. The monoisotopic (exact) mass is 984 g/mol. The summed E-state index contributed by atoms with van der Waals surface area (Å²) in [6, 6.07) is 0. The average molecular weight is 984 g/mol. The predicted molar refractivity (Wildman–Crippen MR) is 253 cm³/mol. The zero-order valence-corrected chi connectivity index (χ0v) is 43.8. The second-order valence-electron chi connectivity index (χ2n) is 17.1. The van der Waals surface area contributed by atoms with Gasteiger partial charge in [-0.15, -0.1) is 0 Å². The Labute approximate surface area is 413 Å². The fourth-order valence-electron chi connectivity index (χ4n) is 7.02. The van der Waals surface area contributed by atoms with Crippen LogP contribution in [-0.4, -0.2) is 17.9 Å². The molecular formula is C54H99CeO6. The number of unbranched alkanes of at least 4 members (excludes halogenated alkanes) is 33. The molecule has 0 aliphatic carbocycles. The molecule has 0 spiro atoms. The molecule has 0 heterocycles. The summed E-state index contributed by atoms with van der Waals surface area (Å²) in [5, 5.41) is 30.6. The summed E-state index contributed by atoms with van der Waals surface area (Å²) in [7, 11) is 0. The van der Waals surface area contributed by atoms with Crippen LogP contribution in [-0.2, 0) is 14.4 Å². The minimum Gasteiger partial charge on any atom is -0.550 e. The normalized spacial score (nSPS) is 11.1. The van der Waals surface area contributed by atoms with Gasteiger partial charge in [0.1, 0.15) is 0 Å². The maximum absolute atomic E-state index is 10.2. The smallest absolute Gasteiger partial charge is 0.550 e. The van der Waals surface area contributed by atoms with Gasteiger partial charge in [-0.25, -0.2) is 0 Å². The van der Waals surface area contributed by atoms with Crippen LogP contribution in [0.3, 0.4) is 0 Å². The molecule has 0 N–H and O–H groups in total. The van der Waals surface area contributed by atoms with E-state index >= 15 is 0 Å². The summed E-state index contributed by atoms with van der Waals surface area (Å²) in [6.07, 6.45) is 62.7. The van der Waals surface area contributed by atoms with E-state index in [2.05, 4.69) is 57.2 Å². The summed E-state index contributed by atoms with van der Waals surface area (Å²) in [5.41, 5.74) is 0. The number of hydrogen-bond acceptors (Lipinski definition) is 6. The fourth-order valence-corrected chi connectivity index (χ4v) is 7.02. The van der Waals surface area contributed by atoms with Gasteiger partial charge in [-0.2, -0.15) is 0 Å². The summed E-state index contributed by atoms with van der Waals surface area (Å²) in [4.78, 5) is 30.6. The van der Waals surface area contributed by atoms with Crippen LogP contribution in [0, 0.1) is 41.7 Å². The molecule has 0 aromatic carbocycles. The minimum absolute atomic E-state index is 0. The number of hydrogen-bond donors (Lipinski definition) is 0. The van der Waals surface area contributed by atoms with Crippen molar-refractivity contribution in [1.29, 1.82) is 0 Å². The van der Waals surface area contributed by atoms with Crippen molar-refractivity contribution in [2.75, 3.05) is 0 Å². The Balaban J connectivity index is -0.000000396. The van der Waals surface area contributed by atoms with E-state index < -0.39 is 17.9 Å². The molecule has 0 aliphatic rings. The van der Waals surface area contributed by atoms with Crippen LogP contribution in [0.5, 0.6) is 0 Å². The fraction of sp³-hybridized carbons (Fsp3) is 0.833. The Bertz CT molecular complexity index is 827. The predicted octanol–water partition coefficient (Wildman–Crippen LogP) is 14.3. The third-order valence-electron chi connectivity index (χ3n) is 10.9. The van der Waals surface area contributed by atoms with Gasteiger partial charge < -0.3 is 29.7 Å². The number of rotatable bonds is 45. The van der Waals surface area contributed by atoms with E-state index in [4.69, 9.17) is 0 Å². The second-order valence-corrected chi connectivity index (χ2v) is 17.1. The van der Waals surface area contributed by atoms with Crippen LogP contribution in [0.2, 0.25) is 0 Å². The summed E-state index contributed by atoms with van der Waals surface area (Å²) in [5.74, 6) is -2.73. The molecule has 0 fully saturated rings. The maximum Gasteiger partial charge on any atom is 3.00 e. The first-order chi connectivity index (χ1) is 29.3. The van der Waals surface area contributed by atoms with Crippen molar-refractivity contribution in [2.45, 2.75) is 290 Å². The summed E-state index contributed by atoms with van der Waals surface area (Å²) < 4.78 is 0. The Kier molecular flexibility index (Phi) is 69.1. The number of carbonyl (C=O) groups excluding carboxylic acids is 3. The maximum atomic E-state index is 10.2. The van der Waals surface area contributed by atoms with E-state index in [1.165, 1.54) is 212 Å². The Morgan fingerprint density at radius 1 is 0.262 bits per heavy atom. The van der Waals surface area contributed by atoms with E-state index in [1.807, 2.05) is 0 Å². The Morgan fingerprint density at radius 2 is 0.410 bits per heavy atom. The van der Waals surface area contributed by atoms with Crippen LogP contribution in [0.4, 0.5) is 0 Å². The van der Waals surface area contributed by atoms with E-state index in [0.717, 1.165) is 38.5 Å². The first kappa shape index (κ1) is 66.6. The number of allylic oxidation sites excluding steroid dienone is 6. The molecule has 7 heteroatoms. The molecule has 0 amide bonds. The van der Waals surface area contributed by atoms with Gasteiger partial charge in [0.05, 0.1) is 0 Å². The second kappa shape index (κ2) is 63.3. The van der Waals surface area contributed by atoms with Crippen molar-refractivity contribution < 1.29 is 71.5 Å². The third kappa shape index (κ3) is 76.7. The van der Waals surface area contributed by atoms with Crippen LogP contribution >= 0.6 is 0 Å². The van der Waals surface area contributed by atoms with Crippen LogP contribution < -0.4 is 15.3 Å². The SMILES string of the molecule is CCCCCC/C=C\CCCCCCCCCC(=O)[O-].CCCCCC/C=C\CCCCCCCCCC(=O)[O-].CCCCCC/C=C\CCCCCCCCCC(=O)[O-].[Ce+3]. The van der Waals surface area contributed by atoms with Crippen molar-refractivity contribution in [2.24, 2.45) is 0 Å². The molecule has 6 nitrogen and oxygen atoms in total. The van der Waals surface area contributed by atoms with Gasteiger partial charge in [0, 0.05) is 17.9 Å². The number of carboxylic acids is 3. The minimum atomic E-state index is -0.911. The first-order valence-corrected chi connectivity index (χ1v) is 25.9. The molecule has 61 heavy (non-hydrogen) atoms. The Morgan fingerprint density at radius 3 is 0.574 bits per heavy atom. The topological polar surface area (TPSA) is 120 Å². The van der Waals surface area contributed by atoms with Gasteiger partial charge in [0.2, 0.25) is 0 Å². The van der Waals surface area contributed by atoms with Gasteiger partial charge >= 0.3 is 41.7 Å². The molecule has 0 aromatic heterocycles. The molecule has 0 rings (SSSR count). The van der Waals surface area contributed by atoms with E-state index in [0.29, 0.717) is 0 Å². The largest absolute Gasteiger partial charge is 3.00 e. The van der Waals surface area contributed by atoms with Crippen LogP contribution in [0.25, 0.3) is 0 Å². The molecule has 0 unspecified atom stereocenters. The molecule has 1 radical (unpaired) electrons. The van der Waals surface area contributed by atoms with Gasteiger partial charge in [0.25, 0.3) is 0 Å². The molecule has 0 aliphatic heterocycles. The van der Waals surface area contributed by atoms with E-state index in [1.54, 1.807) is 0 Å². The molecule has 0 atom stereocenters. The number of carbonyl (C=O) groups is 3. The molecule has 0 aromatic rings. The zero-order chi connectivity index (χ0) is 44.7. The summed E-state index contributed by atoms with van der Waals surface area (Å²) in [6.45, 7) is 6.75. The van der Waals surface area contributed by atoms with Gasteiger partial charge in [-0.1, -0.05) is 211 Å². The van der Waals surface area contributed by atoms with Crippen LogP contribution in [0.1, 0.15) is 290 Å². The third-order valence-corrected chi connectivity index (χ3v) is 10.9. The van der Waals surface area contributed by atoms with Gasteiger partial charge in [-0.05, 0) is 116 Å². The number of aliphatic carboxylic acids is 3. The van der Waals surface area contributed by atoms with E-state index in [-0.39, 0.29) is 61.0 Å². The van der Waals surface area contributed by atoms with Crippen molar-refractivity contribution in [1.82, 2.24) is 0 Å². The van der Waals surface area contributed by atoms with Crippen molar-refractivity contribution in [3.05, 3.63) is 36.5 Å². The van der Waals surface area contributed by atoms with E-state index in [9.17, 15) is 29.7 Å². The van der Waals surface area contributed by atoms with Gasteiger partial charge in [-0.3, -0.25) is 0 Å². The van der Waals surface area contributed by atoms with Crippen molar-refractivity contribution in [3.8, 4) is 0 Å². The average Bonchev–Trinajstić information content (AvgIpc) is 3.22. The number of carboxylic acid groups (broad SMARTS) is 3. The van der Waals surface area contributed by atoms with Gasteiger partial charge in [0.15, 0.2) is 0 Å².